The number of sulfonamides is 1. The largest absolute Gasteiger partial charge is 0.380 e. The fourth-order valence-corrected chi connectivity index (χ4v) is 4.65. The topological polar surface area (TPSA) is 110 Å². The van der Waals surface area contributed by atoms with Gasteiger partial charge in [-0.2, -0.15) is 5.10 Å². The Bertz CT molecular complexity index is 975. The predicted octanol–water partition coefficient (Wildman–Crippen LogP) is 2.21. The van der Waals surface area contributed by atoms with E-state index in [1.807, 2.05) is 6.92 Å². The highest BCUT2D eigenvalue weighted by Crippen LogP contribution is 2.32. The molecule has 27 heavy (non-hydrogen) atoms. The summed E-state index contributed by atoms with van der Waals surface area (Å²) < 4.78 is 27.9. The number of anilines is 2. The SMILES string of the molecule is C[C@@H](Nc1c(C(N)=O)cnn2cc(N3CCCCS3(=O)=O)cc12)C(C)(C)C. The van der Waals surface area contributed by atoms with Gasteiger partial charge in [0.2, 0.25) is 10.0 Å². The van der Waals surface area contributed by atoms with E-state index in [9.17, 15) is 13.2 Å². The molecular formula is C18H27N5O3S. The van der Waals surface area contributed by atoms with Crippen LogP contribution in [0.15, 0.2) is 18.5 Å². The third-order valence-corrected chi connectivity index (χ3v) is 7.05. The van der Waals surface area contributed by atoms with Gasteiger partial charge in [0.15, 0.2) is 0 Å². The van der Waals surface area contributed by atoms with Crippen LogP contribution in [0.1, 0.15) is 50.9 Å². The lowest BCUT2D eigenvalue weighted by molar-refractivity contribution is 0.100. The van der Waals surface area contributed by atoms with E-state index in [-0.39, 0.29) is 22.8 Å². The first-order valence-electron chi connectivity index (χ1n) is 9.09. The molecule has 0 radical (unpaired) electrons. The number of hydrogen-bond acceptors (Lipinski definition) is 5. The van der Waals surface area contributed by atoms with Crippen LogP contribution in [0.5, 0.6) is 0 Å². The molecule has 0 saturated carbocycles. The first-order valence-corrected chi connectivity index (χ1v) is 10.7. The molecule has 1 amide bonds. The van der Waals surface area contributed by atoms with Gasteiger partial charge in [0, 0.05) is 12.6 Å². The molecule has 1 fully saturated rings. The Balaban J connectivity index is 2.13. The maximum atomic E-state index is 12.4. The quantitative estimate of drug-likeness (QED) is 0.827. The molecule has 1 aliphatic heterocycles. The Kier molecular flexibility index (Phi) is 4.83. The van der Waals surface area contributed by atoms with Crippen LogP contribution in [0.2, 0.25) is 0 Å². The number of amides is 1. The number of nitrogens with two attached hydrogens (primary N) is 1. The van der Waals surface area contributed by atoms with Crippen molar-refractivity contribution in [2.75, 3.05) is 21.9 Å². The number of carbonyl (C=O) groups excluding carboxylic acids is 1. The summed E-state index contributed by atoms with van der Waals surface area (Å²) >= 11 is 0. The van der Waals surface area contributed by atoms with Crippen LogP contribution < -0.4 is 15.4 Å². The molecule has 148 valence electrons. The van der Waals surface area contributed by atoms with Gasteiger partial charge >= 0.3 is 0 Å². The summed E-state index contributed by atoms with van der Waals surface area (Å²) in [6.07, 6.45) is 4.58. The van der Waals surface area contributed by atoms with Gasteiger partial charge in [-0.15, -0.1) is 0 Å². The fraction of sp³-hybridized carbons (Fsp3) is 0.556. The van der Waals surface area contributed by atoms with Crippen LogP contribution in [0.4, 0.5) is 11.4 Å². The maximum Gasteiger partial charge on any atom is 0.252 e. The van der Waals surface area contributed by atoms with Gasteiger partial charge in [0.1, 0.15) is 0 Å². The average Bonchev–Trinajstić information content (AvgIpc) is 2.97. The average molecular weight is 394 g/mol. The summed E-state index contributed by atoms with van der Waals surface area (Å²) in [4.78, 5) is 11.9. The van der Waals surface area contributed by atoms with Gasteiger partial charge in [0.05, 0.1) is 40.6 Å². The number of hydrogen-bond donors (Lipinski definition) is 2. The van der Waals surface area contributed by atoms with Gasteiger partial charge in [-0.25, -0.2) is 12.9 Å². The Morgan fingerprint density at radius 1 is 1.33 bits per heavy atom. The van der Waals surface area contributed by atoms with E-state index in [4.69, 9.17) is 5.73 Å². The third-order valence-electron chi connectivity index (χ3n) is 5.19. The van der Waals surface area contributed by atoms with E-state index >= 15 is 0 Å². The highest BCUT2D eigenvalue weighted by molar-refractivity contribution is 7.92. The zero-order valence-electron chi connectivity index (χ0n) is 16.2. The highest BCUT2D eigenvalue weighted by atomic mass is 32.2. The van der Waals surface area contributed by atoms with Crippen LogP contribution >= 0.6 is 0 Å². The molecule has 1 atom stereocenters. The molecule has 0 unspecified atom stereocenters. The van der Waals surface area contributed by atoms with Crippen molar-refractivity contribution in [3.05, 3.63) is 24.0 Å². The third kappa shape index (κ3) is 3.73. The zero-order valence-corrected chi connectivity index (χ0v) is 17.0. The number of aromatic nitrogens is 2. The van der Waals surface area contributed by atoms with Crippen molar-refractivity contribution in [3.8, 4) is 0 Å². The van der Waals surface area contributed by atoms with Gasteiger partial charge in [0.25, 0.3) is 5.91 Å². The molecular weight excluding hydrogens is 366 g/mol. The molecule has 3 heterocycles. The van der Waals surface area contributed by atoms with Crippen molar-refractivity contribution >= 4 is 32.8 Å². The number of nitrogens with one attached hydrogen (secondary N) is 1. The second-order valence-electron chi connectivity index (χ2n) is 8.15. The monoisotopic (exact) mass is 393 g/mol. The van der Waals surface area contributed by atoms with E-state index < -0.39 is 15.9 Å². The van der Waals surface area contributed by atoms with E-state index in [1.54, 1.807) is 16.8 Å². The van der Waals surface area contributed by atoms with Crippen LogP contribution in [-0.4, -0.2) is 42.3 Å². The Labute approximate surface area is 159 Å². The summed E-state index contributed by atoms with van der Waals surface area (Å²) in [5, 5.41) is 7.63. The summed E-state index contributed by atoms with van der Waals surface area (Å²) in [6, 6.07) is 1.79. The van der Waals surface area contributed by atoms with Crippen molar-refractivity contribution in [1.82, 2.24) is 9.61 Å². The van der Waals surface area contributed by atoms with Gasteiger partial charge in [-0.05, 0) is 31.2 Å². The zero-order chi connectivity index (χ0) is 20.0. The minimum Gasteiger partial charge on any atom is -0.380 e. The van der Waals surface area contributed by atoms with Crippen molar-refractivity contribution in [1.29, 1.82) is 0 Å². The summed E-state index contributed by atoms with van der Waals surface area (Å²) in [7, 11) is -3.33. The number of nitrogens with zero attached hydrogens (tertiary/aromatic N) is 3. The van der Waals surface area contributed by atoms with Gasteiger partial charge in [-0.1, -0.05) is 20.8 Å². The maximum absolute atomic E-state index is 12.4. The molecule has 9 heteroatoms. The Morgan fingerprint density at radius 3 is 2.63 bits per heavy atom. The predicted molar refractivity (Wildman–Crippen MR) is 107 cm³/mol. The molecule has 1 saturated heterocycles. The lowest BCUT2D eigenvalue weighted by Gasteiger charge is -2.29. The first-order chi connectivity index (χ1) is 12.5. The lowest BCUT2D eigenvalue weighted by Crippen LogP contribution is -2.37. The molecule has 3 rings (SSSR count). The normalized spacial score (nSPS) is 18.4. The van der Waals surface area contributed by atoms with Crippen LogP contribution in [0.3, 0.4) is 0 Å². The van der Waals surface area contributed by atoms with Crippen LogP contribution in [0.25, 0.3) is 5.52 Å². The van der Waals surface area contributed by atoms with Gasteiger partial charge in [-0.3, -0.25) is 9.10 Å². The molecule has 0 bridgehead atoms. The molecule has 8 nitrogen and oxygen atoms in total. The second-order valence-corrected chi connectivity index (χ2v) is 10.2. The second kappa shape index (κ2) is 6.70. The number of rotatable bonds is 4. The van der Waals surface area contributed by atoms with E-state index in [2.05, 4.69) is 31.2 Å². The van der Waals surface area contributed by atoms with E-state index in [0.717, 1.165) is 6.42 Å². The van der Waals surface area contributed by atoms with Crippen molar-refractivity contribution in [2.45, 2.75) is 46.6 Å². The first kappa shape index (κ1) is 19.5. The van der Waals surface area contributed by atoms with E-state index in [1.165, 1.54) is 10.5 Å². The highest BCUT2D eigenvalue weighted by Gasteiger charge is 2.28. The molecule has 2 aromatic heterocycles. The fourth-order valence-electron chi connectivity index (χ4n) is 3.03. The number of fused-ring (bicyclic) bond motifs is 1. The summed E-state index contributed by atoms with van der Waals surface area (Å²) in [5.74, 6) is -0.437. The van der Waals surface area contributed by atoms with Crippen LogP contribution in [-0.2, 0) is 10.0 Å². The molecule has 2 aromatic rings. The van der Waals surface area contributed by atoms with Crippen molar-refractivity contribution in [2.24, 2.45) is 11.1 Å². The lowest BCUT2D eigenvalue weighted by atomic mass is 9.88. The van der Waals surface area contributed by atoms with Crippen LogP contribution in [0, 0.1) is 5.41 Å². The molecule has 1 aliphatic rings. The number of primary amides is 1. The minimum atomic E-state index is -3.33. The molecule has 0 aliphatic carbocycles. The minimum absolute atomic E-state index is 0.0406. The molecule has 0 spiro atoms. The number of carbonyl (C=O) groups is 1. The smallest absolute Gasteiger partial charge is 0.252 e. The molecule has 3 N–H and O–H groups in total. The van der Waals surface area contributed by atoms with Gasteiger partial charge < -0.3 is 11.1 Å². The van der Waals surface area contributed by atoms with Crippen molar-refractivity contribution in [3.63, 3.8) is 0 Å². The standard InChI is InChI=1S/C18H27N5O3S/c1-12(18(2,3)4)21-16-14(17(19)24)10-20-22-11-13(9-15(16)22)23-7-5-6-8-27(23,25)26/h9-12,21H,5-8H2,1-4H3,(H2,19,24)/t12-/m1/s1. The Hall–Kier alpha value is -2.29. The summed E-state index contributed by atoms with van der Waals surface area (Å²) in [6.45, 7) is 8.76. The Morgan fingerprint density at radius 2 is 2.04 bits per heavy atom. The summed E-state index contributed by atoms with van der Waals surface area (Å²) in [5.41, 5.74) is 7.52. The molecule has 0 aromatic carbocycles. The van der Waals surface area contributed by atoms with E-state index in [0.29, 0.717) is 29.9 Å². The van der Waals surface area contributed by atoms with Crippen molar-refractivity contribution < 1.29 is 13.2 Å².